The number of carboxylic acids is 1. The third kappa shape index (κ3) is 41.6. The summed E-state index contributed by atoms with van der Waals surface area (Å²) in [6.45, 7) is 4.48. The average molecular weight is 852 g/mol. The third-order valence-corrected chi connectivity index (χ3v) is 10.3. The molecule has 0 saturated heterocycles. The van der Waals surface area contributed by atoms with Crippen LogP contribution in [0.3, 0.4) is 0 Å². The first-order chi connectivity index (χ1) is 29.6. The van der Waals surface area contributed by atoms with Gasteiger partial charge >= 0.3 is 11.9 Å². The minimum absolute atomic E-state index is 0.0145. The van der Waals surface area contributed by atoms with Crippen molar-refractivity contribution >= 4 is 17.9 Å². The second-order valence-corrected chi connectivity index (χ2v) is 17.0. The quantitative estimate of drug-likeness (QED) is 0.0261. The maximum atomic E-state index is 12.7. The lowest BCUT2D eigenvalue weighted by atomic mass is 10.0. The molecule has 348 valence electrons. The lowest BCUT2D eigenvalue weighted by molar-refractivity contribution is -0.889. The van der Waals surface area contributed by atoms with Gasteiger partial charge in [-0.05, 0) is 64.2 Å². The molecule has 0 rings (SSSR count). The number of unbranched alkanes of at least 4 members (excludes halogenated alkanes) is 14. The summed E-state index contributed by atoms with van der Waals surface area (Å²) in [4.78, 5) is 36.9. The van der Waals surface area contributed by atoms with Crippen molar-refractivity contribution in [1.29, 1.82) is 0 Å². The molecule has 61 heavy (non-hydrogen) atoms. The molecule has 0 radical (unpaired) electrons. The molecule has 0 heterocycles. The molecule has 0 aromatic carbocycles. The number of likely N-dealkylation sites (N-methyl/N-ethyl adjacent to an activating group) is 1. The molecule has 0 aromatic heterocycles. The van der Waals surface area contributed by atoms with Crippen LogP contribution in [-0.4, -0.2) is 75.5 Å². The van der Waals surface area contributed by atoms with E-state index in [-0.39, 0.29) is 49.1 Å². The van der Waals surface area contributed by atoms with Crippen LogP contribution in [0.2, 0.25) is 0 Å². The Labute approximate surface area is 373 Å². The minimum Gasteiger partial charge on any atom is -0.544 e. The summed E-state index contributed by atoms with van der Waals surface area (Å²) < 4.78 is 17.1. The van der Waals surface area contributed by atoms with Gasteiger partial charge in [-0.15, -0.1) is 0 Å². The number of hydrogen-bond acceptors (Lipinski definition) is 7. The summed E-state index contributed by atoms with van der Waals surface area (Å²) in [5.74, 6) is -1.82. The summed E-state index contributed by atoms with van der Waals surface area (Å²) >= 11 is 0. The topological polar surface area (TPSA) is 102 Å². The summed E-state index contributed by atoms with van der Waals surface area (Å²) in [6.07, 6.45) is 56.2. The van der Waals surface area contributed by atoms with Gasteiger partial charge in [0.2, 0.25) is 0 Å². The number of esters is 2. The standard InChI is InChI=1S/C53H89NO7/c1-6-8-10-12-14-16-18-20-22-23-24-25-26-27-28-29-30-32-34-36-38-40-42-44-52(56)61-49(47-59-46-45-50(53(57)58)54(3,4)5)48-60-51(55)43-41-39-37-35-33-31-21-19-17-15-13-11-9-7-2/h8,10,14,16,20,22,24-25,27-28,30,32,36,38,49-50H,6-7,9,11-13,15,17-19,21,23,26,29,31,33-35,37,39-48H2,1-5H3/b10-8+,16-14+,22-20+,25-24+,28-27+,32-30+,38-36+. The number of aliphatic carboxylic acids is 1. The number of allylic oxidation sites excluding steroid dienone is 14. The molecule has 0 aliphatic heterocycles. The first kappa shape index (κ1) is 57.5. The molecule has 0 aromatic rings. The number of carboxylic acid groups (broad SMARTS) is 1. The fourth-order valence-corrected chi connectivity index (χ4v) is 6.59. The van der Waals surface area contributed by atoms with Gasteiger partial charge in [0.15, 0.2) is 6.10 Å². The van der Waals surface area contributed by atoms with Crippen LogP contribution < -0.4 is 5.11 Å². The van der Waals surface area contributed by atoms with Crippen LogP contribution in [0.15, 0.2) is 85.1 Å². The molecule has 8 nitrogen and oxygen atoms in total. The Kier molecular flexibility index (Phi) is 40.7. The van der Waals surface area contributed by atoms with Crippen molar-refractivity contribution < 1.29 is 38.2 Å². The van der Waals surface area contributed by atoms with E-state index >= 15 is 0 Å². The van der Waals surface area contributed by atoms with E-state index in [1.54, 1.807) is 21.1 Å². The number of rotatable bonds is 42. The van der Waals surface area contributed by atoms with Crippen LogP contribution in [0.4, 0.5) is 0 Å². The van der Waals surface area contributed by atoms with Crippen LogP contribution in [0, 0.1) is 0 Å². The van der Waals surface area contributed by atoms with Crippen molar-refractivity contribution in [2.24, 2.45) is 0 Å². The Balaban J connectivity index is 4.41. The zero-order chi connectivity index (χ0) is 44.9. The van der Waals surface area contributed by atoms with Gasteiger partial charge in [-0.2, -0.15) is 0 Å². The van der Waals surface area contributed by atoms with E-state index in [2.05, 4.69) is 98.9 Å². The number of carbonyl (C=O) groups excluding carboxylic acids is 3. The minimum atomic E-state index is -1.14. The lowest BCUT2D eigenvalue weighted by Crippen LogP contribution is -2.55. The molecule has 0 N–H and O–H groups in total. The number of ether oxygens (including phenoxy) is 3. The fourth-order valence-electron chi connectivity index (χ4n) is 6.59. The first-order valence-corrected chi connectivity index (χ1v) is 24.1. The first-order valence-electron chi connectivity index (χ1n) is 24.1. The normalized spacial score (nSPS) is 13.7. The summed E-state index contributed by atoms with van der Waals surface area (Å²) in [5, 5.41) is 11.6. The monoisotopic (exact) mass is 852 g/mol. The highest BCUT2D eigenvalue weighted by Gasteiger charge is 2.25. The van der Waals surface area contributed by atoms with Gasteiger partial charge in [-0.3, -0.25) is 9.59 Å². The second kappa shape index (κ2) is 43.2. The Morgan fingerprint density at radius 3 is 1.34 bits per heavy atom. The molecule has 8 heteroatoms. The van der Waals surface area contributed by atoms with Crippen LogP contribution in [0.25, 0.3) is 0 Å². The molecule has 0 spiro atoms. The molecule has 0 saturated carbocycles. The Hall–Kier alpha value is -3.49. The number of quaternary nitrogens is 1. The Bertz CT molecular complexity index is 1270. The van der Waals surface area contributed by atoms with E-state index in [4.69, 9.17) is 14.2 Å². The van der Waals surface area contributed by atoms with E-state index in [0.717, 1.165) is 70.6 Å². The fraction of sp³-hybridized carbons (Fsp3) is 0.679. The van der Waals surface area contributed by atoms with E-state index < -0.39 is 18.1 Å². The van der Waals surface area contributed by atoms with Crippen molar-refractivity contribution in [2.45, 2.75) is 193 Å². The highest BCUT2D eigenvalue weighted by atomic mass is 16.6. The highest BCUT2D eigenvalue weighted by molar-refractivity contribution is 5.70. The number of nitrogens with zero attached hydrogens (tertiary/aromatic N) is 1. The highest BCUT2D eigenvalue weighted by Crippen LogP contribution is 2.14. The number of hydrogen-bond donors (Lipinski definition) is 0. The molecule has 0 aliphatic carbocycles. The molecule has 2 atom stereocenters. The summed E-state index contributed by atoms with van der Waals surface area (Å²) in [6, 6.07) is -0.739. The molecule has 0 aliphatic rings. The maximum Gasteiger partial charge on any atom is 0.306 e. The Morgan fingerprint density at radius 2 is 0.918 bits per heavy atom. The molecular formula is C53H89NO7. The smallest absolute Gasteiger partial charge is 0.306 e. The average Bonchev–Trinajstić information content (AvgIpc) is 3.22. The van der Waals surface area contributed by atoms with E-state index in [9.17, 15) is 19.5 Å². The van der Waals surface area contributed by atoms with Crippen LogP contribution in [0.5, 0.6) is 0 Å². The molecule has 0 bridgehead atoms. The van der Waals surface area contributed by atoms with Crippen LogP contribution in [0.1, 0.15) is 181 Å². The van der Waals surface area contributed by atoms with Gasteiger partial charge < -0.3 is 28.6 Å². The summed E-state index contributed by atoms with van der Waals surface area (Å²) in [7, 11) is 5.38. The van der Waals surface area contributed by atoms with Crippen molar-refractivity contribution in [3.8, 4) is 0 Å². The van der Waals surface area contributed by atoms with Crippen molar-refractivity contribution in [3.05, 3.63) is 85.1 Å². The van der Waals surface area contributed by atoms with E-state index in [0.29, 0.717) is 12.8 Å². The largest absolute Gasteiger partial charge is 0.544 e. The maximum absolute atomic E-state index is 12.7. The zero-order valence-electron chi connectivity index (χ0n) is 39.5. The lowest BCUT2D eigenvalue weighted by Gasteiger charge is -2.34. The Morgan fingerprint density at radius 1 is 0.508 bits per heavy atom. The van der Waals surface area contributed by atoms with Crippen LogP contribution >= 0.6 is 0 Å². The van der Waals surface area contributed by atoms with Crippen molar-refractivity contribution in [1.82, 2.24) is 0 Å². The number of carbonyl (C=O) groups is 3. The van der Waals surface area contributed by atoms with Crippen molar-refractivity contribution in [3.63, 3.8) is 0 Å². The van der Waals surface area contributed by atoms with Crippen molar-refractivity contribution in [2.75, 3.05) is 41.0 Å². The molecule has 2 unspecified atom stereocenters. The van der Waals surface area contributed by atoms with Gasteiger partial charge in [0.25, 0.3) is 0 Å². The van der Waals surface area contributed by atoms with Gasteiger partial charge in [0, 0.05) is 19.3 Å². The van der Waals surface area contributed by atoms with Gasteiger partial charge in [-0.25, -0.2) is 0 Å². The van der Waals surface area contributed by atoms with Gasteiger partial charge in [0.1, 0.15) is 12.6 Å². The second-order valence-electron chi connectivity index (χ2n) is 17.0. The van der Waals surface area contributed by atoms with Gasteiger partial charge in [0.05, 0.1) is 40.3 Å². The van der Waals surface area contributed by atoms with Gasteiger partial charge in [-0.1, -0.05) is 182 Å². The molecular weight excluding hydrogens is 763 g/mol. The predicted octanol–water partition coefficient (Wildman–Crippen LogP) is 12.4. The van der Waals surface area contributed by atoms with E-state index in [1.807, 2.05) is 0 Å². The summed E-state index contributed by atoms with van der Waals surface area (Å²) in [5.41, 5.74) is 0. The van der Waals surface area contributed by atoms with E-state index in [1.165, 1.54) is 70.6 Å². The predicted molar refractivity (Wildman–Crippen MR) is 254 cm³/mol. The zero-order valence-corrected chi connectivity index (χ0v) is 39.5. The molecule has 0 fully saturated rings. The third-order valence-electron chi connectivity index (χ3n) is 10.3. The molecule has 0 amide bonds. The SMILES string of the molecule is CC/C=C/C/C=C/C/C=C/C/C=C/C/C=C/C/C=C/C/C=C/CCCC(=O)OC(COCCC(C(=O)[O-])[N+](C)(C)C)COC(=O)CCCCCCCCCCCCCCCC. The van der Waals surface area contributed by atoms with Crippen LogP contribution in [-0.2, 0) is 28.6 Å².